The van der Waals surface area contributed by atoms with Gasteiger partial charge in [0, 0.05) is 21.9 Å². The normalized spacial score (nSPS) is 11.8. The van der Waals surface area contributed by atoms with Crippen LogP contribution in [0.1, 0.15) is 22.6 Å². The van der Waals surface area contributed by atoms with Gasteiger partial charge in [0.15, 0.2) is 0 Å². The second-order valence-electron chi connectivity index (χ2n) is 4.84. The quantitative estimate of drug-likeness (QED) is 0.748. The molecule has 2 aromatic heterocycles. The van der Waals surface area contributed by atoms with Crippen LogP contribution in [0, 0.1) is 20.8 Å². The van der Waals surface area contributed by atoms with E-state index in [0.717, 1.165) is 51.0 Å². The van der Waals surface area contributed by atoms with Crippen molar-refractivity contribution in [3.8, 4) is 0 Å². The van der Waals surface area contributed by atoms with Crippen LogP contribution in [0.3, 0.4) is 0 Å². The highest BCUT2D eigenvalue weighted by Crippen LogP contribution is 2.36. The number of nitrogens with two attached hydrogens (primary N) is 1. The predicted octanol–water partition coefficient (Wildman–Crippen LogP) is 3.61. The van der Waals surface area contributed by atoms with Gasteiger partial charge in [-0.1, -0.05) is 0 Å². The lowest BCUT2D eigenvalue weighted by atomic mass is 10.00. The smallest absolute Gasteiger partial charge is 0.138 e. The van der Waals surface area contributed by atoms with Gasteiger partial charge < -0.3 is 14.6 Å². The van der Waals surface area contributed by atoms with Crippen LogP contribution in [0.2, 0.25) is 0 Å². The molecule has 2 heterocycles. The van der Waals surface area contributed by atoms with Crippen LogP contribution in [0.4, 0.5) is 0 Å². The molecule has 18 heavy (non-hydrogen) atoms. The molecular weight excluding hydrogens is 226 g/mol. The third kappa shape index (κ3) is 1.47. The Balaban J connectivity index is 2.51. The minimum atomic E-state index is 0.608. The summed E-state index contributed by atoms with van der Waals surface area (Å²) in [4.78, 5) is 0. The van der Waals surface area contributed by atoms with Crippen LogP contribution >= 0.6 is 0 Å². The van der Waals surface area contributed by atoms with Crippen molar-refractivity contribution >= 4 is 21.9 Å². The molecule has 2 N–H and O–H groups in total. The third-order valence-electron chi connectivity index (χ3n) is 3.45. The highest BCUT2D eigenvalue weighted by molar-refractivity contribution is 6.01. The largest absolute Gasteiger partial charge is 0.461 e. The van der Waals surface area contributed by atoms with Gasteiger partial charge in [0.2, 0.25) is 0 Å². The lowest BCUT2D eigenvalue weighted by Crippen LogP contribution is -2.03. The van der Waals surface area contributed by atoms with E-state index in [9.17, 15) is 0 Å². The number of hydrogen-bond donors (Lipinski definition) is 1. The van der Waals surface area contributed by atoms with Gasteiger partial charge in [0.05, 0.1) is 0 Å². The molecule has 3 rings (SSSR count). The monoisotopic (exact) mass is 243 g/mol. The molecule has 0 aliphatic carbocycles. The maximum absolute atomic E-state index is 5.85. The van der Waals surface area contributed by atoms with Crippen LogP contribution in [0.25, 0.3) is 21.9 Å². The number of fused-ring (bicyclic) bond motifs is 2. The van der Waals surface area contributed by atoms with Crippen molar-refractivity contribution in [2.45, 2.75) is 27.2 Å². The van der Waals surface area contributed by atoms with Crippen LogP contribution in [0.15, 0.2) is 21.0 Å². The Morgan fingerprint density at radius 2 is 1.56 bits per heavy atom. The average molecular weight is 243 g/mol. The highest BCUT2D eigenvalue weighted by Gasteiger charge is 2.17. The van der Waals surface area contributed by atoms with Gasteiger partial charge in [-0.25, -0.2) is 0 Å². The van der Waals surface area contributed by atoms with Crippen molar-refractivity contribution in [2.24, 2.45) is 5.73 Å². The molecule has 0 aliphatic rings. The molecule has 0 bridgehead atoms. The maximum atomic E-state index is 5.85. The number of hydrogen-bond acceptors (Lipinski definition) is 3. The van der Waals surface area contributed by atoms with Gasteiger partial charge in [0.1, 0.15) is 22.7 Å². The molecule has 0 saturated carbocycles. The molecule has 3 nitrogen and oxygen atoms in total. The minimum Gasteiger partial charge on any atom is -0.461 e. The summed E-state index contributed by atoms with van der Waals surface area (Å²) in [6.07, 6.45) is 0.805. The minimum absolute atomic E-state index is 0.608. The van der Waals surface area contributed by atoms with Gasteiger partial charge in [-0.05, 0) is 45.9 Å². The zero-order chi connectivity index (χ0) is 12.9. The SMILES string of the molecule is Cc1cc2c(CCN)c3oc(C)cc3c(C)c2o1. The molecule has 3 heteroatoms. The Morgan fingerprint density at radius 3 is 2.22 bits per heavy atom. The van der Waals surface area contributed by atoms with Gasteiger partial charge in [-0.2, -0.15) is 0 Å². The maximum Gasteiger partial charge on any atom is 0.138 e. The predicted molar refractivity (Wildman–Crippen MR) is 73.0 cm³/mol. The average Bonchev–Trinajstić information content (AvgIpc) is 2.88. The zero-order valence-corrected chi connectivity index (χ0v) is 11.0. The fraction of sp³-hybridized carbons (Fsp3) is 0.333. The Hall–Kier alpha value is -1.74. The van der Waals surface area contributed by atoms with Gasteiger partial charge >= 0.3 is 0 Å². The third-order valence-corrected chi connectivity index (χ3v) is 3.45. The van der Waals surface area contributed by atoms with Crippen molar-refractivity contribution in [1.82, 2.24) is 0 Å². The number of benzene rings is 1. The van der Waals surface area contributed by atoms with E-state index in [2.05, 4.69) is 19.1 Å². The fourth-order valence-corrected chi connectivity index (χ4v) is 2.67. The lowest BCUT2D eigenvalue weighted by molar-refractivity contribution is 0.571. The van der Waals surface area contributed by atoms with E-state index in [1.54, 1.807) is 0 Å². The standard InChI is InChI=1S/C15H17NO2/c1-8-6-12-10(3)14-13(7-9(2)17-14)11(4-5-16)15(12)18-8/h6-7H,4-5,16H2,1-3H3. The van der Waals surface area contributed by atoms with Crippen LogP contribution in [0.5, 0.6) is 0 Å². The molecule has 0 fully saturated rings. The number of furan rings is 2. The highest BCUT2D eigenvalue weighted by atomic mass is 16.3. The lowest BCUT2D eigenvalue weighted by Gasteiger charge is -2.05. The van der Waals surface area contributed by atoms with E-state index in [1.165, 1.54) is 0 Å². The number of rotatable bonds is 2. The van der Waals surface area contributed by atoms with E-state index in [1.807, 2.05) is 13.8 Å². The summed E-state index contributed by atoms with van der Waals surface area (Å²) in [6, 6.07) is 4.15. The Kier molecular flexibility index (Phi) is 2.45. The van der Waals surface area contributed by atoms with E-state index < -0.39 is 0 Å². The van der Waals surface area contributed by atoms with Gasteiger partial charge in [0.25, 0.3) is 0 Å². The second kappa shape index (κ2) is 3.89. The summed E-state index contributed by atoms with van der Waals surface area (Å²) in [5, 5.41) is 2.27. The first-order chi connectivity index (χ1) is 8.61. The molecule has 0 aliphatic heterocycles. The molecular formula is C15H17NO2. The van der Waals surface area contributed by atoms with Crippen LogP contribution in [-0.4, -0.2) is 6.54 Å². The van der Waals surface area contributed by atoms with Gasteiger partial charge in [-0.15, -0.1) is 0 Å². The van der Waals surface area contributed by atoms with E-state index >= 15 is 0 Å². The molecule has 0 unspecified atom stereocenters. The van der Waals surface area contributed by atoms with Crippen LogP contribution in [-0.2, 0) is 6.42 Å². The molecule has 1 aromatic carbocycles. The van der Waals surface area contributed by atoms with Crippen molar-refractivity contribution < 1.29 is 8.83 Å². The molecule has 0 radical (unpaired) electrons. The summed E-state index contributed by atoms with van der Waals surface area (Å²) in [7, 11) is 0. The molecule has 0 atom stereocenters. The first-order valence-corrected chi connectivity index (χ1v) is 6.23. The van der Waals surface area contributed by atoms with Crippen molar-refractivity contribution in [2.75, 3.05) is 6.54 Å². The second-order valence-corrected chi connectivity index (χ2v) is 4.84. The Bertz CT molecular complexity index is 676. The van der Waals surface area contributed by atoms with Crippen molar-refractivity contribution in [3.05, 3.63) is 34.8 Å². The summed E-state index contributed by atoms with van der Waals surface area (Å²) < 4.78 is 11.7. The van der Waals surface area contributed by atoms with Crippen molar-refractivity contribution in [1.29, 1.82) is 0 Å². The van der Waals surface area contributed by atoms with Crippen molar-refractivity contribution in [3.63, 3.8) is 0 Å². The first-order valence-electron chi connectivity index (χ1n) is 6.23. The summed E-state index contributed by atoms with van der Waals surface area (Å²) in [5.74, 6) is 1.85. The molecule has 0 saturated heterocycles. The summed E-state index contributed by atoms with van der Waals surface area (Å²) in [5.41, 5.74) is 9.96. The number of aryl methyl sites for hydroxylation is 3. The molecule has 3 aromatic rings. The summed E-state index contributed by atoms with van der Waals surface area (Å²) in [6.45, 7) is 6.63. The topological polar surface area (TPSA) is 52.3 Å². The zero-order valence-electron chi connectivity index (χ0n) is 11.0. The van der Waals surface area contributed by atoms with E-state index in [4.69, 9.17) is 14.6 Å². The molecule has 0 amide bonds. The van der Waals surface area contributed by atoms with Crippen LogP contribution < -0.4 is 5.73 Å². The van der Waals surface area contributed by atoms with Gasteiger partial charge in [-0.3, -0.25) is 0 Å². The van der Waals surface area contributed by atoms with E-state index in [-0.39, 0.29) is 0 Å². The Morgan fingerprint density at radius 1 is 0.944 bits per heavy atom. The fourth-order valence-electron chi connectivity index (χ4n) is 2.67. The molecule has 94 valence electrons. The Labute approximate surface area is 106 Å². The summed E-state index contributed by atoms with van der Waals surface area (Å²) >= 11 is 0. The first kappa shape index (κ1) is 11.4. The molecule has 0 spiro atoms. The van der Waals surface area contributed by atoms with E-state index in [0.29, 0.717) is 6.54 Å².